The highest BCUT2D eigenvalue weighted by Crippen LogP contribution is 2.31. The molecule has 0 amide bonds. The Bertz CT molecular complexity index is 412. The van der Waals surface area contributed by atoms with Gasteiger partial charge in [0.15, 0.2) is 0 Å². The fourth-order valence-electron chi connectivity index (χ4n) is 3.12. The molecule has 3 atom stereocenters. The fraction of sp³-hybridized carbons (Fsp3) is 0.647. The fourth-order valence-corrected chi connectivity index (χ4v) is 3.12. The molecule has 4 heteroatoms. The zero-order valence-electron chi connectivity index (χ0n) is 12.8. The Hall–Kier alpha value is -1.10. The summed E-state index contributed by atoms with van der Waals surface area (Å²) in [5, 5.41) is 23.1. The number of aliphatic hydroxyl groups is 2. The van der Waals surface area contributed by atoms with Gasteiger partial charge in [-0.05, 0) is 30.9 Å². The molecule has 3 N–H and O–H groups in total. The van der Waals surface area contributed by atoms with Crippen molar-refractivity contribution in [3.63, 3.8) is 0 Å². The third-order valence-corrected chi connectivity index (χ3v) is 4.29. The summed E-state index contributed by atoms with van der Waals surface area (Å²) in [7, 11) is 0. The number of hydrogen-bond donors (Lipinski definition) is 3. The molecule has 4 nitrogen and oxygen atoms in total. The summed E-state index contributed by atoms with van der Waals surface area (Å²) in [5.74, 6) is 1.39. The summed E-state index contributed by atoms with van der Waals surface area (Å²) in [5.41, 5.74) is -0.231. The van der Waals surface area contributed by atoms with Crippen LogP contribution in [0.4, 0.5) is 0 Å². The van der Waals surface area contributed by atoms with Crippen LogP contribution in [0.2, 0.25) is 0 Å². The second-order valence-corrected chi connectivity index (χ2v) is 6.30. The number of rotatable bonds is 7. The van der Waals surface area contributed by atoms with E-state index in [0.29, 0.717) is 12.5 Å². The molecule has 1 aliphatic rings. The predicted molar refractivity (Wildman–Crippen MR) is 83.4 cm³/mol. The Kier molecular flexibility index (Phi) is 6.03. The number of hydrogen-bond acceptors (Lipinski definition) is 4. The van der Waals surface area contributed by atoms with Gasteiger partial charge in [0.1, 0.15) is 18.5 Å². The number of nitrogens with one attached hydrogen (secondary N) is 1. The van der Waals surface area contributed by atoms with Gasteiger partial charge >= 0.3 is 0 Å². The summed E-state index contributed by atoms with van der Waals surface area (Å²) < 4.78 is 5.54. The quantitative estimate of drug-likeness (QED) is 0.719. The molecule has 0 aromatic heterocycles. The van der Waals surface area contributed by atoms with Crippen molar-refractivity contribution in [2.24, 2.45) is 5.92 Å². The highest BCUT2D eigenvalue weighted by molar-refractivity contribution is 5.20. The molecule has 0 bridgehead atoms. The van der Waals surface area contributed by atoms with Crippen molar-refractivity contribution in [3.05, 3.63) is 30.3 Å². The lowest BCUT2D eigenvalue weighted by molar-refractivity contribution is 0.0619. The van der Waals surface area contributed by atoms with E-state index in [1.54, 1.807) is 0 Å². The van der Waals surface area contributed by atoms with Crippen molar-refractivity contribution in [1.82, 2.24) is 5.32 Å². The lowest BCUT2D eigenvalue weighted by Crippen LogP contribution is -2.54. The molecule has 1 saturated carbocycles. The van der Waals surface area contributed by atoms with Crippen LogP contribution in [0.15, 0.2) is 30.3 Å². The number of para-hydroxylation sites is 1. The molecule has 1 aromatic carbocycles. The van der Waals surface area contributed by atoms with E-state index in [0.717, 1.165) is 25.0 Å². The molecule has 21 heavy (non-hydrogen) atoms. The van der Waals surface area contributed by atoms with Crippen LogP contribution in [-0.2, 0) is 0 Å². The molecule has 1 fully saturated rings. The van der Waals surface area contributed by atoms with Crippen molar-refractivity contribution in [1.29, 1.82) is 0 Å². The van der Waals surface area contributed by atoms with E-state index < -0.39 is 6.10 Å². The van der Waals surface area contributed by atoms with Crippen molar-refractivity contribution in [2.45, 2.75) is 44.2 Å². The molecule has 2 rings (SSSR count). The number of aliphatic hydroxyl groups excluding tert-OH is 2. The summed E-state index contributed by atoms with van der Waals surface area (Å²) in [6.07, 6.45) is 3.72. The molecule has 0 heterocycles. The minimum absolute atomic E-state index is 0.129. The number of ether oxygens (including phenoxy) is 1. The standard InChI is InChI=1S/C17H27NO3/c1-14-6-5-9-17(10-14,13-19)18-11-15(20)12-21-16-7-3-2-4-8-16/h2-4,7-8,14-15,18-20H,5-6,9-13H2,1H3. The van der Waals surface area contributed by atoms with E-state index in [1.807, 2.05) is 30.3 Å². The van der Waals surface area contributed by atoms with Crippen molar-refractivity contribution in [3.8, 4) is 5.75 Å². The van der Waals surface area contributed by atoms with Gasteiger partial charge in [-0.15, -0.1) is 0 Å². The average Bonchev–Trinajstić information content (AvgIpc) is 2.52. The van der Waals surface area contributed by atoms with Gasteiger partial charge in [0, 0.05) is 12.1 Å². The predicted octanol–water partition coefficient (Wildman–Crippen LogP) is 1.96. The lowest BCUT2D eigenvalue weighted by Gasteiger charge is -2.40. The molecule has 1 aromatic rings. The van der Waals surface area contributed by atoms with Gasteiger partial charge in [-0.2, -0.15) is 0 Å². The van der Waals surface area contributed by atoms with Crippen molar-refractivity contribution in [2.75, 3.05) is 19.8 Å². The highest BCUT2D eigenvalue weighted by atomic mass is 16.5. The van der Waals surface area contributed by atoms with Crippen LogP contribution in [0, 0.1) is 5.92 Å². The second kappa shape index (κ2) is 7.78. The van der Waals surface area contributed by atoms with Gasteiger partial charge in [0.05, 0.1) is 6.61 Å². The molecule has 0 aliphatic heterocycles. The minimum atomic E-state index is -0.578. The van der Waals surface area contributed by atoms with Gasteiger partial charge in [-0.25, -0.2) is 0 Å². The minimum Gasteiger partial charge on any atom is -0.491 e. The summed E-state index contributed by atoms with van der Waals surface area (Å²) in [6.45, 7) is 3.05. The SMILES string of the molecule is CC1CCCC(CO)(NCC(O)COc2ccccc2)C1. The smallest absolute Gasteiger partial charge is 0.119 e. The average molecular weight is 293 g/mol. The largest absolute Gasteiger partial charge is 0.491 e. The third-order valence-electron chi connectivity index (χ3n) is 4.29. The molecular weight excluding hydrogens is 266 g/mol. The van der Waals surface area contributed by atoms with Crippen LogP contribution in [-0.4, -0.2) is 41.6 Å². The Morgan fingerprint density at radius 3 is 2.81 bits per heavy atom. The van der Waals surface area contributed by atoms with Crippen molar-refractivity contribution >= 4 is 0 Å². The lowest BCUT2D eigenvalue weighted by atomic mass is 9.77. The van der Waals surface area contributed by atoms with Crippen LogP contribution in [0.1, 0.15) is 32.6 Å². The van der Waals surface area contributed by atoms with Crippen LogP contribution in [0.25, 0.3) is 0 Å². The molecular formula is C17H27NO3. The van der Waals surface area contributed by atoms with Crippen LogP contribution < -0.4 is 10.1 Å². The molecule has 1 aliphatic carbocycles. The van der Waals surface area contributed by atoms with Crippen molar-refractivity contribution < 1.29 is 14.9 Å². The Morgan fingerprint density at radius 2 is 2.14 bits per heavy atom. The van der Waals surface area contributed by atoms with Gasteiger partial charge in [-0.1, -0.05) is 38.0 Å². The highest BCUT2D eigenvalue weighted by Gasteiger charge is 2.34. The Labute approximate surface area is 127 Å². The second-order valence-electron chi connectivity index (χ2n) is 6.30. The van der Waals surface area contributed by atoms with E-state index in [2.05, 4.69) is 12.2 Å². The molecule has 0 saturated heterocycles. The first-order valence-corrected chi connectivity index (χ1v) is 7.85. The van der Waals surface area contributed by atoms with E-state index >= 15 is 0 Å². The first-order chi connectivity index (χ1) is 10.1. The molecule has 3 unspecified atom stereocenters. The van der Waals surface area contributed by atoms with E-state index in [-0.39, 0.29) is 18.8 Å². The number of β-amino-alcohol motifs (C(OH)–C–C–N with tert-alkyl or cyclic N) is 1. The third kappa shape index (κ3) is 4.99. The Morgan fingerprint density at radius 1 is 1.38 bits per heavy atom. The van der Waals surface area contributed by atoms with Gasteiger partial charge in [-0.3, -0.25) is 0 Å². The normalized spacial score (nSPS) is 27.3. The van der Waals surface area contributed by atoms with Gasteiger partial charge in [0.25, 0.3) is 0 Å². The maximum Gasteiger partial charge on any atom is 0.119 e. The van der Waals surface area contributed by atoms with Crippen LogP contribution in [0.5, 0.6) is 5.75 Å². The van der Waals surface area contributed by atoms with Gasteiger partial charge in [0.2, 0.25) is 0 Å². The zero-order chi connectivity index (χ0) is 15.1. The summed E-state index contributed by atoms with van der Waals surface area (Å²) in [6, 6.07) is 9.49. The summed E-state index contributed by atoms with van der Waals surface area (Å²) >= 11 is 0. The topological polar surface area (TPSA) is 61.7 Å². The Balaban J connectivity index is 1.75. The summed E-state index contributed by atoms with van der Waals surface area (Å²) in [4.78, 5) is 0. The molecule has 118 valence electrons. The van der Waals surface area contributed by atoms with Crippen LogP contribution in [0.3, 0.4) is 0 Å². The maximum absolute atomic E-state index is 10.0. The maximum atomic E-state index is 10.0. The van der Waals surface area contributed by atoms with Crippen LogP contribution >= 0.6 is 0 Å². The van der Waals surface area contributed by atoms with Gasteiger partial charge < -0.3 is 20.3 Å². The first-order valence-electron chi connectivity index (χ1n) is 7.85. The zero-order valence-corrected chi connectivity index (χ0v) is 12.8. The van der Waals surface area contributed by atoms with E-state index in [9.17, 15) is 10.2 Å². The van der Waals surface area contributed by atoms with E-state index in [1.165, 1.54) is 6.42 Å². The van der Waals surface area contributed by atoms with E-state index in [4.69, 9.17) is 4.74 Å². The first kappa shape index (κ1) is 16.3. The molecule has 0 radical (unpaired) electrons. The molecule has 0 spiro atoms. The number of benzene rings is 1. The monoisotopic (exact) mass is 293 g/mol.